The van der Waals surface area contributed by atoms with Gasteiger partial charge in [-0.3, -0.25) is 0 Å². The highest BCUT2D eigenvalue weighted by molar-refractivity contribution is 5.27. The van der Waals surface area contributed by atoms with Gasteiger partial charge in [0.2, 0.25) is 0 Å². The Morgan fingerprint density at radius 3 is 2.13 bits per heavy atom. The molecule has 3 aliphatic carbocycles. The summed E-state index contributed by atoms with van der Waals surface area (Å²) in [6.45, 7) is 4.36. The molecule has 1 aromatic carbocycles. The summed E-state index contributed by atoms with van der Waals surface area (Å²) >= 11 is 0. The first-order valence-corrected chi connectivity index (χ1v) is 14.0. The summed E-state index contributed by atoms with van der Waals surface area (Å²) in [5, 5.41) is 0. The normalized spacial score (nSPS) is 33.8. The minimum Gasteiger partial charge on any atom is -0.207 e. The van der Waals surface area contributed by atoms with Crippen molar-refractivity contribution in [3.05, 3.63) is 35.1 Å². The van der Waals surface area contributed by atoms with Crippen LogP contribution in [0.3, 0.4) is 0 Å². The van der Waals surface area contributed by atoms with Gasteiger partial charge >= 0.3 is 0 Å². The lowest BCUT2D eigenvalue weighted by atomic mass is 9.60. The summed E-state index contributed by atoms with van der Waals surface area (Å²) in [5.41, 5.74) is 2.14. The van der Waals surface area contributed by atoms with Crippen molar-refractivity contribution in [3.63, 3.8) is 0 Å². The molecule has 174 valence electrons. The number of aryl methyl sites for hydroxylation is 1. The minimum atomic E-state index is 0.0202. The molecule has 0 aliphatic heterocycles. The molecule has 3 aliphatic rings. The monoisotopic (exact) mass is 426 g/mol. The van der Waals surface area contributed by atoms with Gasteiger partial charge in [0.05, 0.1) is 0 Å². The van der Waals surface area contributed by atoms with Gasteiger partial charge in [0.1, 0.15) is 5.82 Å². The van der Waals surface area contributed by atoms with E-state index in [2.05, 4.69) is 13.0 Å². The van der Waals surface area contributed by atoms with Crippen molar-refractivity contribution < 1.29 is 4.39 Å². The molecule has 0 N–H and O–H groups in total. The molecule has 1 aromatic rings. The van der Waals surface area contributed by atoms with Crippen molar-refractivity contribution in [1.82, 2.24) is 0 Å². The predicted molar refractivity (Wildman–Crippen MR) is 131 cm³/mol. The van der Waals surface area contributed by atoms with Crippen LogP contribution in [0.4, 0.5) is 4.39 Å². The van der Waals surface area contributed by atoms with Crippen LogP contribution in [0.15, 0.2) is 18.2 Å². The van der Waals surface area contributed by atoms with E-state index in [1.807, 2.05) is 19.1 Å². The maximum Gasteiger partial charge on any atom is 0.126 e. The van der Waals surface area contributed by atoms with Gasteiger partial charge < -0.3 is 0 Å². The lowest BCUT2D eigenvalue weighted by Crippen LogP contribution is -2.34. The Labute approximate surface area is 191 Å². The highest BCUT2D eigenvalue weighted by atomic mass is 19.1. The molecule has 0 aromatic heterocycles. The van der Waals surface area contributed by atoms with Crippen LogP contribution in [-0.4, -0.2) is 0 Å². The molecule has 0 spiro atoms. The van der Waals surface area contributed by atoms with E-state index in [1.54, 1.807) is 0 Å². The van der Waals surface area contributed by atoms with Crippen molar-refractivity contribution in [2.24, 2.45) is 29.6 Å². The maximum atomic E-state index is 14.3. The number of rotatable bonds is 8. The Bertz CT molecular complexity index is 671. The molecule has 3 saturated carbocycles. The molecule has 31 heavy (non-hydrogen) atoms. The third-order valence-corrected chi connectivity index (χ3v) is 9.61. The SMILES string of the molecule is CCCCCCC1CCC(C2CCC3CC(c4ccc(CC)c(F)c4)CCC3C2)CC1. The zero-order chi connectivity index (χ0) is 21.6. The second-order valence-corrected chi connectivity index (χ2v) is 11.4. The fourth-order valence-electron chi connectivity index (χ4n) is 7.57. The predicted octanol–water partition coefficient (Wildman–Crippen LogP) is 9.46. The van der Waals surface area contributed by atoms with Crippen LogP contribution in [0.2, 0.25) is 0 Å². The Balaban J connectivity index is 1.23. The number of benzene rings is 1. The highest BCUT2D eigenvalue weighted by Gasteiger charge is 2.39. The van der Waals surface area contributed by atoms with Gasteiger partial charge in [0, 0.05) is 0 Å². The fourth-order valence-corrected chi connectivity index (χ4v) is 7.57. The van der Waals surface area contributed by atoms with Gasteiger partial charge in [-0.2, -0.15) is 0 Å². The van der Waals surface area contributed by atoms with E-state index in [9.17, 15) is 4.39 Å². The summed E-state index contributed by atoms with van der Waals surface area (Å²) in [6, 6.07) is 6.11. The number of hydrogen-bond donors (Lipinski definition) is 0. The highest BCUT2D eigenvalue weighted by Crippen LogP contribution is 2.51. The molecule has 0 radical (unpaired) electrons. The largest absolute Gasteiger partial charge is 0.207 e. The molecule has 0 heterocycles. The molecule has 0 bridgehead atoms. The van der Waals surface area contributed by atoms with Gasteiger partial charge in [-0.15, -0.1) is 0 Å². The van der Waals surface area contributed by atoms with Gasteiger partial charge in [-0.1, -0.05) is 70.9 Å². The third kappa shape index (κ3) is 5.94. The maximum absolute atomic E-state index is 14.3. The zero-order valence-corrected chi connectivity index (χ0v) is 20.4. The van der Waals surface area contributed by atoms with Crippen LogP contribution in [0.5, 0.6) is 0 Å². The standard InChI is InChI=1S/C30H47F/c1-3-5-6-7-8-22-9-11-24(12-10-22)25-15-16-27-20-28(18-17-26(27)19-25)29-14-13-23(4-2)30(31)21-29/h13-14,21-22,24-28H,3-12,15-20H2,1-2H3. The Hall–Kier alpha value is -0.850. The summed E-state index contributed by atoms with van der Waals surface area (Å²) in [5.74, 6) is 5.56. The van der Waals surface area contributed by atoms with E-state index in [-0.39, 0.29) is 5.82 Å². The van der Waals surface area contributed by atoms with E-state index in [0.717, 1.165) is 41.6 Å². The Morgan fingerprint density at radius 1 is 0.742 bits per heavy atom. The van der Waals surface area contributed by atoms with Crippen molar-refractivity contribution in [2.45, 2.75) is 122 Å². The number of fused-ring (bicyclic) bond motifs is 1. The van der Waals surface area contributed by atoms with E-state index in [1.165, 1.54) is 102 Å². The molecule has 1 heteroatoms. The molecular weight excluding hydrogens is 379 g/mol. The summed E-state index contributed by atoms with van der Waals surface area (Å²) in [6.07, 6.45) is 22.5. The smallest absolute Gasteiger partial charge is 0.126 e. The zero-order valence-electron chi connectivity index (χ0n) is 20.4. The lowest BCUT2D eigenvalue weighted by Gasteiger charge is -2.45. The molecule has 4 rings (SSSR count). The van der Waals surface area contributed by atoms with E-state index < -0.39 is 0 Å². The van der Waals surface area contributed by atoms with Crippen LogP contribution >= 0.6 is 0 Å². The summed E-state index contributed by atoms with van der Waals surface area (Å²) in [7, 11) is 0. The van der Waals surface area contributed by atoms with Crippen molar-refractivity contribution in [1.29, 1.82) is 0 Å². The van der Waals surface area contributed by atoms with E-state index in [4.69, 9.17) is 0 Å². The van der Waals surface area contributed by atoms with Crippen LogP contribution in [-0.2, 0) is 6.42 Å². The molecule has 0 saturated heterocycles. The fraction of sp³-hybridized carbons (Fsp3) is 0.800. The molecular formula is C30H47F. The Kier molecular flexibility index (Phi) is 8.52. The van der Waals surface area contributed by atoms with E-state index >= 15 is 0 Å². The number of hydrogen-bond acceptors (Lipinski definition) is 0. The first-order chi connectivity index (χ1) is 15.2. The van der Waals surface area contributed by atoms with Crippen molar-refractivity contribution >= 4 is 0 Å². The van der Waals surface area contributed by atoms with Crippen LogP contribution in [0.25, 0.3) is 0 Å². The molecule has 4 atom stereocenters. The first-order valence-electron chi connectivity index (χ1n) is 14.0. The summed E-state index contributed by atoms with van der Waals surface area (Å²) < 4.78 is 14.3. The van der Waals surface area contributed by atoms with Crippen LogP contribution < -0.4 is 0 Å². The van der Waals surface area contributed by atoms with Crippen molar-refractivity contribution in [2.75, 3.05) is 0 Å². The third-order valence-electron chi connectivity index (χ3n) is 9.61. The average Bonchev–Trinajstić information content (AvgIpc) is 2.81. The number of halogens is 1. The quantitative estimate of drug-likeness (QED) is 0.363. The van der Waals surface area contributed by atoms with Gasteiger partial charge in [0.15, 0.2) is 0 Å². The average molecular weight is 427 g/mol. The topological polar surface area (TPSA) is 0 Å². The minimum absolute atomic E-state index is 0.0202. The molecule has 3 fully saturated rings. The van der Waals surface area contributed by atoms with E-state index in [0.29, 0.717) is 5.92 Å². The molecule has 0 amide bonds. The second-order valence-electron chi connectivity index (χ2n) is 11.4. The second kappa shape index (κ2) is 11.3. The molecule has 0 nitrogen and oxygen atoms in total. The van der Waals surface area contributed by atoms with Gasteiger partial charge in [-0.25, -0.2) is 4.39 Å². The van der Waals surface area contributed by atoms with Gasteiger partial charge in [-0.05, 0) is 110 Å². The van der Waals surface area contributed by atoms with Crippen LogP contribution in [0, 0.1) is 35.4 Å². The lowest BCUT2D eigenvalue weighted by molar-refractivity contribution is 0.0710. The molecule has 4 unspecified atom stereocenters. The Morgan fingerprint density at radius 2 is 1.42 bits per heavy atom. The number of unbranched alkanes of at least 4 members (excludes halogenated alkanes) is 3. The first kappa shape index (κ1) is 23.3. The van der Waals surface area contributed by atoms with Crippen molar-refractivity contribution in [3.8, 4) is 0 Å². The van der Waals surface area contributed by atoms with Gasteiger partial charge in [0.25, 0.3) is 0 Å². The summed E-state index contributed by atoms with van der Waals surface area (Å²) in [4.78, 5) is 0. The van der Waals surface area contributed by atoms with Crippen LogP contribution in [0.1, 0.15) is 127 Å².